The van der Waals surface area contributed by atoms with Gasteiger partial charge in [-0.15, -0.1) is 0 Å². The molecule has 4 aromatic carbocycles. The zero-order chi connectivity index (χ0) is 27.2. The number of ether oxygens (including phenoxy) is 1. The van der Waals surface area contributed by atoms with Crippen LogP contribution in [0.3, 0.4) is 0 Å². The van der Waals surface area contributed by atoms with Gasteiger partial charge in [0, 0.05) is 40.4 Å². The third-order valence-electron chi connectivity index (χ3n) is 7.49. The number of rotatable bonds is 4. The average Bonchev–Trinajstić information content (AvgIpc) is 3.23. The number of hydrogen-bond donors (Lipinski definition) is 1. The van der Waals surface area contributed by atoms with Gasteiger partial charge in [-0.05, 0) is 53.6 Å². The van der Waals surface area contributed by atoms with Crippen molar-refractivity contribution in [3.8, 4) is 28.6 Å². The molecule has 0 unspecified atom stereocenters. The first-order valence-electron chi connectivity index (χ1n) is 13.6. The van der Waals surface area contributed by atoms with E-state index in [1.54, 1.807) is 0 Å². The second-order valence-corrected chi connectivity index (χ2v) is 10.0. The van der Waals surface area contributed by atoms with Gasteiger partial charge in [-0.25, -0.2) is 9.97 Å². The Labute approximate surface area is 237 Å². The van der Waals surface area contributed by atoms with E-state index in [1.807, 2.05) is 54.7 Å². The maximum Gasteiger partial charge on any atom is 0.219 e. The van der Waals surface area contributed by atoms with E-state index >= 15 is 0 Å². The van der Waals surface area contributed by atoms with Gasteiger partial charge in [0.15, 0.2) is 0 Å². The van der Waals surface area contributed by atoms with E-state index in [0.717, 1.165) is 56.0 Å². The molecule has 0 saturated carbocycles. The molecule has 194 valence electrons. The summed E-state index contributed by atoms with van der Waals surface area (Å²) in [6.07, 6.45) is 6.12. The Hall–Kier alpha value is -5.68. The molecule has 0 radical (unpaired) electrons. The number of nitrogens with zero attached hydrogens (tertiary/aromatic N) is 3. The highest BCUT2D eigenvalue weighted by atomic mass is 16.5. The quantitative estimate of drug-likeness (QED) is 0.247. The van der Waals surface area contributed by atoms with Gasteiger partial charge in [-0.1, -0.05) is 78.9 Å². The monoisotopic (exact) mass is 528 g/mol. The van der Waals surface area contributed by atoms with Crippen molar-refractivity contribution >= 4 is 45.5 Å². The minimum Gasteiger partial charge on any atom is -0.439 e. The normalized spacial score (nSPS) is 12.0. The summed E-state index contributed by atoms with van der Waals surface area (Å²) < 4.78 is 8.53. The van der Waals surface area contributed by atoms with Gasteiger partial charge in [0.05, 0.1) is 22.6 Å². The predicted molar refractivity (Wildman–Crippen MR) is 167 cm³/mol. The van der Waals surface area contributed by atoms with Crippen LogP contribution >= 0.6 is 0 Å². The highest BCUT2D eigenvalue weighted by molar-refractivity contribution is 6.07. The van der Waals surface area contributed by atoms with Crippen molar-refractivity contribution in [2.45, 2.75) is 0 Å². The summed E-state index contributed by atoms with van der Waals surface area (Å²) in [4.78, 5) is 9.63. The average molecular weight is 529 g/mol. The molecule has 1 aliphatic heterocycles. The van der Waals surface area contributed by atoms with Gasteiger partial charge in [-0.2, -0.15) is 0 Å². The van der Waals surface area contributed by atoms with E-state index in [4.69, 9.17) is 14.7 Å². The lowest BCUT2D eigenvalue weighted by Crippen LogP contribution is -1.98. The van der Waals surface area contributed by atoms with Gasteiger partial charge in [0.25, 0.3) is 0 Å². The topological polar surface area (TPSA) is 52.0 Å². The fourth-order valence-corrected chi connectivity index (χ4v) is 5.62. The summed E-state index contributed by atoms with van der Waals surface area (Å²) >= 11 is 0. The SMILES string of the molecule is C1=Cc2cccc(-c3cccc(Oc4cccc(-n5c6ccccc6c6cccnc65)c4)n3)c2Nc2ccccc21. The molecule has 0 spiro atoms. The van der Waals surface area contributed by atoms with Gasteiger partial charge in [-0.3, -0.25) is 4.57 Å². The highest BCUT2D eigenvalue weighted by Crippen LogP contribution is 2.38. The molecule has 0 bridgehead atoms. The molecule has 0 atom stereocenters. The Morgan fingerprint density at radius 1 is 0.659 bits per heavy atom. The molecule has 1 aliphatic rings. The summed E-state index contributed by atoms with van der Waals surface area (Å²) in [5, 5.41) is 5.93. The molecule has 41 heavy (non-hydrogen) atoms. The van der Waals surface area contributed by atoms with Crippen LogP contribution in [0.15, 0.2) is 128 Å². The molecule has 5 nitrogen and oxygen atoms in total. The second-order valence-electron chi connectivity index (χ2n) is 10.0. The third kappa shape index (κ3) is 4.03. The van der Waals surface area contributed by atoms with E-state index < -0.39 is 0 Å². The van der Waals surface area contributed by atoms with Crippen LogP contribution in [-0.2, 0) is 0 Å². The fourth-order valence-electron chi connectivity index (χ4n) is 5.62. The van der Waals surface area contributed by atoms with Crippen LogP contribution in [0.25, 0.3) is 51.0 Å². The zero-order valence-electron chi connectivity index (χ0n) is 22.0. The number of hydrogen-bond acceptors (Lipinski definition) is 4. The minimum atomic E-state index is 0.530. The molecular weight excluding hydrogens is 504 g/mol. The molecule has 5 heteroatoms. The number of benzene rings is 4. The Bertz CT molecular complexity index is 2070. The van der Waals surface area contributed by atoms with Crippen molar-refractivity contribution in [2.75, 3.05) is 5.32 Å². The molecule has 4 heterocycles. The van der Waals surface area contributed by atoms with E-state index in [0.29, 0.717) is 11.6 Å². The summed E-state index contributed by atoms with van der Waals surface area (Å²) in [6, 6.07) is 41.0. The van der Waals surface area contributed by atoms with Crippen LogP contribution in [0.1, 0.15) is 11.1 Å². The molecular formula is C36H24N4O. The fraction of sp³-hybridized carbons (Fsp3) is 0. The number of anilines is 2. The van der Waals surface area contributed by atoms with E-state index in [1.165, 1.54) is 5.39 Å². The van der Waals surface area contributed by atoms with Crippen LogP contribution in [0, 0.1) is 0 Å². The van der Waals surface area contributed by atoms with Crippen molar-refractivity contribution in [2.24, 2.45) is 0 Å². The first-order chi connectivity index (χ1) is 20.3. The lowest BCUT2D eigenvalue weighted by atomic mass is 10.0. The van der Waals surface area contributed by atoms with Gasteiger partial charge in [0.1, 0.15) is 11.4 Å². The number of aromatic nitrogens is 3. The summed E-state index contributed by atoms with van der Waals surface area (Å²) in [7, 11) is 0. The Kier molecular flexibility index (Phi) is 5.38. The molecule has 7 aromatic rings. The molecule has 1 N–H and O–H groups in total. The molecule has 0 fully saturated rings. The lowest BCUT2D eigenvalue weighted by Gasteiger charge is -2.15. The smallest absolute Gasteiger partial charge is 0.219 e. The minimum absolute atomic E-state index is 0.530. The maximum atomic E-state index is 6.35. The summed E-state index contributed by atoms with van der Waals surface area (Å²) in [6.45, 7) is 0. The van der Waals surface area contributed by atoms with Crippen molar-refractivity contribution in [3.05, 3.63) is 139 Å². The van der Waals surface area contributed by atoms with Gasteiger partial charge < -0.3 is 10.1 Å². The first kappa shape index (κ1) is 23.2. The summed E-state index contributed by atoms with van der Waals surface area (Å²) in [5.74, 6) is 1.23. The van der Waals surface area contributed by atoms with Crippen LogP contribution in [0.5, 0.6) is 11.6 Å². The number of nitrogens with one attached hydrogen (secondary N) is 1. The van der Waals surface area contributed by atoms with Gasteiger partial charge >= 0.3 is 0 Å². The van der Waals surface area contributed by atoms with Crippen LogP contribution in [-0.4, -0.2) is 14.5 Å². The Morgan fingerprint density at radius 3 is 2.46 bits per heavy atom. The number of fused-ring (bicyclic) bond motifs is 5. The second kappa shape index (κ2) is 9.50. The molecule has 8 rings (SSSR count). The van der Waals surface area contributed by atoms with Crippen molar-refractivity contribution < 1.29 is 4.74 Å². The van der Waals surface area contributed by atoms with E-state index in [9.17, 15) is 0 Å². The number of pyridine rings is 2. The standard InChI is InChI=1S/C36H24N4O/c1-3-16-31-24(9-1)20-21-25-10-5-14-30(35(25)39-31)32-17-7-19-34(38-32)41-27-12-6-11-26(23-27)40-33-18-4-2-13-28(33)29-15-8-22-37-36(29)40/h1-23,39H. The van der Waals surface area contributed by atoms with Crippen LogP contribution in [0.4, 0.5) is 11.4 Å². The van der Waals surface area contributed by atoms with E-state index in [-0.39, 0.29) is 0 Å². The molecule has 0 amide bonds. The number of para-hydroxylation sites is 3. The third-order valence-corrected chi connectivity index (χ3v) is 7.49. The lowest BCUT2D eigenvalue weighted by molar-refractivity contribution is 0.463. The van der Waals surface area contributed by atoms with Crippen molar-refractivity contribution in [1.82, 2.24) is 14.5 Å². The highest BCUT2D eigenvalue weighted by Gasteiger charge is 2.16. The molecule has 3 aromatic heterocycles. The molecule has 0 saturated heterocycles. The van der Waals surface area contributed by atoms with Crippen LogP contribution in [0.2, 0.25) is 0 Å². The van der Waals surface area contributed by atoms with E-state index in [2.05, 4.69) is 94.8 Å². The first-order valence-corrected chi connectivity index (χ1v) is 13.6. The maximum absolute atomic E-state index is 6.35. The Morgan fingerprint density at radius 2 is 1.46 bits per heavy atom. The van der Waals surface area contributed by atoms with Crippen LogP contribution < -0.4 is 10.1 Å². The summed E-state index contributed by atoms with van der Waals surface area (Å²) in [5.41, 5.74) is 9.20. The van der Waals surface area contributed by atoms with Crippen molar-refractivity contribution in [1.29, 1.82) is 0 Å². The predicted octanol–water partition coefficient (Wildman–Crippen LogP) is 9.26. The van der Waals surface area contributed by atoms with Gasteiger partial charge in [0.2, 0.25) is 5.88 Å². The molecule has 0 aliphatic carbocycles. The Balaban J connectivity index is 1.16. The zero-order valence-corrected chi connectivity index (χ0v) is 22.0. The van der Waals surface area contributed by atoms with Crippen molar-refractivity contribution in [3.63, 3.8) is 0 Å². The largest absolute Gasteiger partial charge is 0.439 e.